The molecule has 9 heteroatoms. The van der Waals surface area contributed by atoms with Gasteiger partial charge in [0.2, 0.25) is 5.91 Å². The van der Waals surface area contributed by atoms with Gasteiger partial charge < -0.3 is 25.6 Å². The lowest BCUT2D eigenvalue weighted by Crippen LogP contribution is -2.47. The van der Waals surface area contributed by atoms with Crippen molar-refractivity contribution in [3.8, 4) is 5.75 Å². The summed E-state index contributed by atoms with van der Waals surface area (Å²) in [5.41, 5.74) is -0.165. The number of rotatable bonds is 6. The van der Waals surface area contributed by atoms with Crippen LogP contribution in [0.1, 0.15) is 45.7 Å². The van der Waals surface area contributed by atoms with Gasteiger partial charge in [0.1, 0.15) is 17.4 Å². The molecule has 0 radical (unpaired) electrons. The lowest BCUT2D eigenvalue weighted by Gasteiger charge is -2.23. The predicted molar refractivity (Wildman–Crippen MR) is 103 cm³/mol. The van der Waals surface area contributed by atoms with Crippen LogP contribution in [0.3, 0.4) is 0 Å². The minimum Gasteiger partial charge on any atom is -0.507 e. The number of carbonyl (C=O) groups excluding carboxylic acids is 2. The fourth-order valence-corrected chi connectivity index (χ4v) is 2.55. The van der Waals surface area contributed by atoms with Crippen LogP contribution in [0.4, 0.5) is 4.79 Å². The summed E-state index contributed by atoms with van der Waals surface area (Å²) in [6.45, 7) is 6.57. The van der Waals surface area contributed by atoms with E-state index in [4.69, 9.17) is 9.84 Å². The molecule has 0 spiro atoms. The third kappa shape index (κ3) is 7.46. The van der Waals surface area contributed by atoms with Gasteiger partial charge in [-0.2, -0.15) is 0 Å². The van der Waals surface area contributed by atoms with E-state index in [0.717, 1.165) is 0 Å². The van der Waals surface area contributed by atoms with Crippen LogP contribution in [0.25, 0.3) is 0 Å². The molecule has 0 aromatic heterocycles. The number of alkyl carbamates (subject to hydrolysis) is 1. The molecule has 144 valence electrons. The Morgan fingerprint density at radius 2 is 1.85 bits per heavy atom. The molecule has 0 aliphatic heterocycles. The Hall–Kier alpha value is -2.04. The van der Waals surface area contributed by atoms with Crippen LogP contribution in [-0.2, 0) is 14.3 Å². The van der Waals surface area contributed by atoms with E-state index in [0.29, 0.717) is 9.13 Å². The zero-order valence-electron chi connectivity index (χ0n) is 15.0. The Balaban J connectivity index is 2.83. The minimum absolute atomic E-state index is 0.0645. The average Bonchev–Trinajstić information content (AvgIpc) is 2.46. The summed E-state index contributed by atoms with van der Waals surface area (Å²) in [7, 11) is 0. The standard InChI is InChI=1S/C17H23IN2O6/c1-9(19-16(25)26-17(2,3)4)15(24)20-12(8-14(22)23)10-5-6-13(21)11(18)7-10/h5-7,9,12,21H,8H2,1-4H3,(H,19,25)(H,20,24)(H,22,23)/t9-,12?/m0/s1. The van der Waals surface area contributed by atoms with E-state index in [1.165, 1.54) is 19.1 Å². The molecule has 26 heavy (non-hydrogen) atoms. The van der Waals surface area contributed by atoms with Gasteiger partial charge in [-0.15, -0.1) is 0 Å². The van der Waals surface area contributed by atoms with Gasteiger partial charge in [-0.3, -0.25) is 9.59 Å². The summed E-state index contributed by atoms with van der Waals surface area (Å²) in [4.78, 5) is 35.2. The molecule has 2 atom stereocenters. The van der Waals surface area contributed by atoms with E-state index in [1.807, 2.05) is 22.6 Å². The number of halogens is 1. The second-order valence-corrected chi connectivity index (χ2v) is 7.90. The third-order valence-electron chi connectivity index (χ3n) is 3.20. The number of carbonyl (C=O) groups is 3. The van der Waals surface area contributed by atoms with Crippen LogP contribution in [-0.4, -0.2) is 39.8 Å². The minimum atomic E-state index is -1.09. The highest BCUT2D eigenvalue weighted by Crippen LogP contribution is 2.25. The molecular formula is C17H23IN2O6. The number of amides is 2. The first-order chi connectivity index (χ1) is 11.9. The fourth-order valence-electron chi connectivity index (χ4n) is 2.01. The molecule has 8 nitrogen and oxygen atoms in total. The van der Waals surface area contributed by atoms with Crippen LogP contribution in [0.2, 0.25) is 0 Å². The first-order valence-electron chi connectivity index (χ1n) is 7.89. The molecule has 1 aromatic carbocycles. The first kappa shape index (κ1) is 22.0. The first-order valence-corrected chi connectivity index (χ1v) is 8.97. The molecule has 0 aliphatic carbocycles. The van der Waals surface area contributed by atoms with Crippen LogP contribution >= 0.6 is 22.6 Å². The number of hydrogen-bond acceptors (Lipinski definition) is 5. The van der Waals surface area contributed by atoms with Gasteiger partial charge in [-0.25, -0.2) is 4.79 Å². The molecule has 4 N–H and O–H groups in total. The number of hydrogen-bond donors (Lipinski definition) is 4. The quantitative estimate of drug-likeness (QED) is 0.466. The molecule has 1 rings (SSSR count). The van der Waals surface area contributed by atoms with Crippen molar-refractivity contribution in [2.45, 2.75) is 51.8 Å². The number of aliphatic carboxylic acids is 1. The van der Waals surface area contributed by atoms with Crippen molar-refractivity contribution in [1.29, 1.82) is 0 Å². The Morgan fingerprint density at radius 3 is 2.35 bits per heavy atom. The zero-order valence-corrected chi connectivity index (χ0v) is 17.2. The molecule has 2 amide bonds. The van der Waals surface area contributed by atoms with Crippen LogP contribution in [0.5, 0.6) is 5.75 Å². The zero-order chi connectivity index (χ0) is 20.1. The summed E-state index contributed by atoms with van der Waals surface area (Å²) in [5.74, 6) is -1.58. The molecule has 1 unspecified atom stereocenters. The van der Waals surface area contributed by atoms with Gasteiger partial charge in [0.25, 0.3) is 0 Å². The second kappa shape index (κ2) is 9.06. The number of benzene rings is 1. The largest absolute Gasteiger partial charge is 0.507 e. The molecule has 0 fully saturated rings. The van der Waals surface area contributed by atoms with Crippen molar-refractivity contribution in [3.05, 3.63) is 27.3 Å². The molecule has 0 heterocycles. The van der Waals surface area contributed by atoms with Crippen LogP contribution in [0.15, 0.2) is 18.2 Å². The lowest BCUT2D eigenvalue weighted by atomic mass is 10.0. The molecule has 0 aliphatic rings. The van der Waals surface area contributed by atoms with Crippen molar-refractivity contribution in [1.82, 2.24) is 10.6 Å². The number of ether oxygens (including phenoxy) is 1. The van der Waals surface area contributed by atoms with Crippen molar-refractivity contribution < 1.29 is 29.3 Å². The highest BCUT2D eigenvalue weighted by atomic mass is 127. The third-order valence-corrected chi connectivity index (χ3v) is 4.06. The van der Waals surface area contributed by atoms with E-state index < -0.39 is 35.7 Å². The van der Waals surface area contributed by atoms with Crippen LogP contribution < -0.4 is 10.6 Å². The normalized spacial score (nSPS) is 13.4. The van der Waals surface area contributed by atoms with Gasteiger partial charge in [0.15, 0.2) is 0 Å². The number of aromatic hydroxyl groups is 1. The Morgan fingerprint density at radius 1 is 1.23 bits per heavy atom. The number of phenolic OH excluding ortho intramolecular Hbond substituents is 1. The lowest BCUT2D eigenvalue weighted by molar-refractivity contribution is -0.137. The van der Waals surface area contributed by atoms with E-state index in [2.05, 4.69) is 10.6 Å². The van der Waals surface area contributed by atoms with Crippen molar-refractivity contribution in [2.24, 2.45) is 0 Å². The molecule has 0 saturated carbocycles. The summed E-state index contributed by atoms with van der Waals surface area (Å²) >= 11 is 1.91. The van der Waals surface area contributed by atoms with E-state index >= 15 is 0 Å². The Labute approximate surface area is 165 Å². The maximum Gasteiger partial charge on any atom is 0.408 e. The molecule has 0 bridgehead atoms. The number of carboxylic acids is 1. The fraction of sp³-hybridized carbons (Fsp3) is 0.471. The highest BCUT2D eigenvalue weighted by molar-refractivity contribution is 14.1. The van der Waals surface area contributed by atoms with E-state index in [-0.39, 0.29) is 12.2 Å². The molecule has 1 aromatic rings. The van der Waals surface area contributed by atoms with Crippen molar-refractivity contribution in [3.63, 3.8) is 0 Å². The summed E-state index contributed by atoms with van der Waals surface area (Å²) in [6.07, 6.45) is -1.08. The maximum absolute atomic E-state index is 12.3. The number of nitrogens with one attached hydrogen (secondary N) is 2. The number of carboxylic acid groups (broad SMARTS) is 1. The van der Waals surface area contributed by atoms with E-state index in [1.54, 1.807) is 26.8 Å². The summed E-state index contributed by atoms with van der Waals surface area (Å²) in [5, 5.41) is 23.7. The molecule has 0 saturated heterocycles. The average molecular weight is 478 g/mol. The van der Waals surface area contributed by atoms with Gasteiger partial charge >= 0.3 is 12.1 Å². The SMILES string of the molecule is C[C@H](NC(=O)OC(C)(C)C)C(=O)NC(CC(=O)O)c1ccc(O)c(I)c1. The topological polar surface area (TPSA) is 125 Å². The van der Waals surface area contributed by atoms with Crippen molar-refractivity contribution >= 4 is 40.6 Å². The van der Waals surface area contributed by atoms with Gasteiger partial charge in [-0.05, 0) is 68.0 Å². The van der Waals surface area contributed by atoms with Gasteiger partial charge in [-0.1, -0.05) is 6.07 Å². The Kier molecular flexibility index (Phi) is 7.67. The predicted octanol–water partition coefficient (Wildman–Crippen LogP) is 2.54. The Bertz CT molecular complexity index is 686. The second-order valence-electron chi connectivity index (χ2n) is 6.74. The highest BCUT2D eigenvalue weighted by Gasteiger charge is 2.24. The molecular weight excluding hydrogens is 455 g/mol. The van der Waals surface area contributed by atoms with E-state index in [9.17, 15) is 19.5 Å². The van der Waals surface area contributed by atoms with Gasteiger partial charge in [0.05, 0.1) is 16.0 Å². The number of phenols is 1. The summed E-state index contributed by atoms with van der Waals surface area (Å²) in [6, 6.07) is 2.84. The summed E-state index contributed by atoms with van der Waals surface area (Å²) < 4.78 is 5.62. The van der Waals surface area contributed by atoms with Gasteiger partial charge in [0, 0.05) is 0 Å². The smallest absolute Gasteiger partial charge is 0.408 e. The monoisotopic (exact) mass is 478 g/mol. The van der Waals surface area contributed by atoms with Crippen molar-refractivity contribution in [2.75, 3.05) is 0 Å². The maximum atomic E-state index is 12.3. The van der Waals surface area contributed by atoms with Crippen LogP contribution in [0, 0.1) is 3.57 Å².